The molecule has 2 N–H and O–H groups in total. The summed E-state index contributed by atoms with van der Waals surface area (Å²) in [7, 11) is 0.476. The summed E-state index contributed by atoms with van der Waals surface area (Å²) in [6.07, 6.45) is 5.04. The molecule has 24 heavy (non-hydrogen) atoms. The van der Waals surface area contributed by atoms with Crippen LogP contribution in [0.3, 0.4) is 0 Å². The van der Waals surface area contributed by atoms with Crippen LogP contribution in [-0.4, -0.2) is 51.2 Å². The quantitative estimate of drug-likeness (QED) is 0.686. The number of likely N-dealkylation sites (tertiary alicyclic amines) is 1. The zero-order valence-corrected chi connectivity index (χ0v) is 17.6. The Kier molecular flexibility index (Phi) is 6.93. The summed E-state index contributed by atoms with van der Waals surface area (Å²) in [5.74, 6) is 0.722. The molecule has 0 spiro atoms. The fraction of sp³-hybridized carbons (Fsp3) is 0.529. The number of fused-ring (bicyclic) bond motifs is 1. The van der Waals surface area contributed by atoms with E-state index in [0.717, 1.165) is 24.2 Å². The smallest absolute Gasteiger partial charge is 1.00 e. The molecule has 2 aromatic rings. The Morgan fingerprint density at radius 1 is 1.33 bits per heavy atom. The second kappa shape index (κ2) is 8.34. The van der Waals surface area contributed by atoms with Crippen molar-refractivity contribution in [3.05, 3.63) is 35.5 Å². The van der Waals surface area contributed by atoms with Gasteiger partial charge in [-0.15, -0.1) is 0 Å². The first-order valence-electron chi connectivity index (χ1n) is 8.18. The van der Waals surface area contributed by atoms with Crippen molar-refractivity contribution in [1.29, 1.82) is 0 Å². The van der Waals surface area contributed by atoms with E-state index in [0.29, 0.717) is 12.3 Å². The first kappa shape index (κ1) is 19.9. The number of aromatic amines is 1. The number of sulfonamides is 1. The second-order valence-electron chi connectivity index (χ2n) is 6.47. The third-order valence-electron chi connectivity index (χ3n) is 4.91. The fourth-order valence-corrected chi connectivity index (χ4v) is 4.07. The van der Waals surface area contributed by atoms with Crippen molar-refractivity contribution >= 4 is 20.9 Å². The van der Waals surface area contributed by atoms with Gasteiger partial charge in [-0.3, -0.25) is 0 Å². The van der Waals surface area contributed by atoms with Crippen LogP contribution in [-0.2, 0) is 16.4 Å². The van der Waals surface area contributed by atoms with Gasteiger partial charge in [-0.1, -0.05) is 6.07 Å². The molecule has 1 aromatic carbocycles. The maximum Gasteiger partial charge on any atom is 1.00 e. The number of aromatic nitrogens is 1. The fourth-order valence-electron chi connectivity index (χ4n) is 3.36. The molecule has 0 unspecified atom stereocenters. The van der Waals surface area contributed by atoms with Gasteiger partial charge in [0.05, 0.1) is 5.75 Å². The predicted octanol–water partition coefficient (Wildman–Crippen LogP) is -0.815. The number of nitrogens with one attached hydrogen (secondary N) is 2. The monoisotopic (exact) mass is 359 g/mol. The Bertz CT molecular complexity index is 786. The maximum absolute atomic E-state index is 11.6. The van der Waals surface area contributed by atoms with E-state index in [1.165, 1.54) is 30.8 Å². The molecule has 5 nitrogen and oxygen atoms in total. The summed E-state index contributed by atoms with van der Waals surface area (Å²) >= 11 is 0. The molecular formula is C17H26N3NaO2S. The Labute approximate surface area is 168 Å². The molecule has 1 aliphatic rings. The zero-order chi connectivity index (χ0) is 16.4. The zero-order valence-electron chi connectivity index (χ0n) is 15.8. The molecule has 7 heteroatoms. The van der Waals surface area contributed by atoms with Gasteiger partial charge in [0.1, 0.15) is 0 Å². The van der Waals surface area contributed by atoms with Crippen LogP contribution in [0.4, 0.5) is 0 Å². The van der Waals surface area contributed by atoms with Crippen LogP contribution in [0, 0.1) is 0 Å². The van der Waals surface area contributed by atoms with Crippen LogP contribution >= 0.6 is 0 Å². The third kappa shape index (κ3) is 4.62. The topological polar surface area (TPSA) is 65.2 Å². The third-order valence-corrected chi connectivity index (χ3v) is 6.27. The van der Waals surface area contributed by atoms with E-state index in [2.05, 4.69) is 40.0 Å². The van der Waals surface area contributed by atoms with Crippen molar-refractivity contribution in [2.24, 2.45) is 0 Å². The van der Waals surface area contributed by atoms with Crippen molar-refractivity contribution in [3.8, 4) is 0 Å². The number of aryl methyl sites for hydroxylation is 1. The average Bonchev–Trinajstić information content (AvgIpc) is 2.97. The number of piperidine rings is 1. The first-order valence-corrected chi connectivity index (χ1v) is 9.83. The summed E-state index contributed by atoms with van der Waals surface area (Å²) in [5.41, 5.74) is 3.59. The van der Waals surface area contributed by atoms with Gasteiger partial charge in [0.15, 0.2) is 0 Å². The van der Waals surface area contributed by atoms with Gasteiger partial charge in [-0.2, -0.15) is 0 Å². The molecule has 0 bridgehead atoms. The molecule has 0 saturated carbocycles. The van der Waals surface area contributed by atoms with E-state index >= 15 is 0 Å². The minimum absolute atomic E-state index is 0. The summed E-state index contributed by atoms with van der Waals surface area (Å²) < 4.78 is 25.6. The minimum atomic E-state index is -3.16. The van der Waals surface area contributed by atoms with Crippen LogP contribution in [0.1, 0.15) is 31.3 Å². The normalized spacial score (nSPS) is 17.1. The number of hydrogen-bond acceptors (Lipinski definition) is 3. The van der Waals surface area contributed by atoms with Gasteiger partial charge in [0, 0.05) is 17.1 Å². The SMILES string of the molecule is CNS(=O)(=O)CCc1ccc2[nH]cc(C3CCN(C)CC3)c2c1.[H-].[Na+]. The second-order valence-corrected chi connectivity index (χ2v) is 8.52. The molecule has 0 amide bonds. The number of benzene rings is 1. The van der Waals surface area contributed by atoms with E-state index in [1.807, 2.05) is 6.07 Å². The van der Waals surface area contributed by atoms with Crippen LogP contribution in [0.25, 0.3) is 10.9 Å². The molecule has 2 heterocycles. The van der Waals surface area contributed by atoms with Crippen molar-refractivity contribution in [2.75, 3.05) is 32.9 Å². The molecule has 1 aromatic heterocycles. The first-order chi connectivity index (χ1) is 11.0. The molecule has 1 aliphatic heterocycles. The molecule has 3 rings (SSSR count). The molecule has 1 saturated heterocycles. The van der Waals surface area contributed by atoms with Crippen molar-refractivity contribution in [1.82, 2.24) is 14.6 Å². The number of hydrogen-bond donors (Lipinski definition) is 2. The summed E-state index contributed by atoms with van der Waals surface area (Å²) in [6.45, 7) is 2.27. The largest absolute Gasteiger partial charge is 1.00 e. The minimum Gasteiger partial charge on any atom is -1.00 e. The molecule has 0 radical (unpaired) electrons. The molecule has 128 valence electrons. The number of H-pyrrole nitrogens is 1. The summed E-state index contributed by atoms with van der Waals surface area (Å²) in [5, 5.41) is 1.25. The maximum atomic E-state index is 11.6. The van der Waals surface area contributed by atoms with Crippen LogP contribution in [0.5, 0.6) is 0 Å². The average molecular weight is 359 g/mol. The van der Waals surface area contributed by atoms with E-state index in [1.54, 1.807) is 0 Å². The van der Waals surface area contributed by atoms with Gasteiger partial charge in [-0.05, 0) is 75.6 Å². The van der Waals surface area contributed by atoms with Crippen molar-refractivity contribution in [3.63, 3.8) is 0 Å². The van der Waals surface area contributed by atoms with Crippen LogP contribution in [0.2, 0.25) is 0 Å². The Morgan fingerprint density at radius 3 is 2.71 bits per heavy atom. The Hall–Kier alpha value is -0.370. The van der Waals surface area contributed by atoms with Gasteiger partial charge >= 0.3 is 29.6 Å². The molecule has 1 fully saturated rings. The van der Waals surface area contributed by atoms with Crippen LogP contribution < -0.4 is 34.3 Å². The number of rotatable bonds is 5. The molecule has 0 atom stereocenters. The standard InChI is InChI=1S/C17H25N3O2S.Na.H/c1-18-23(21,22)10-7-13-3-4-17-15(11-13)16(12-19-17)14-5-8-20(2)9-6-14;;/h3-4,11-12,14,18-19H,5-10H2,1-2H3;;/q;+1;-1. The van der Waals surface area contributed by atoms with E-state index in [-0.39, 0.29) is 36.7 Å². The van der Waals surface area contributed by atoms with E-state index in [9.17, 15) is 8.42 Å². The molecule has 0 aliphatic carbocycles. The van der Waals surface area contributed by atoms with E-state index < -0.39 is 10.0 Å². The molecular weight excluding hydrogens is 333 g/mol. The van der Waals surface area contributed by atoms with Gasteiger partial charge in [0.25, 0.3) is 0 Å². The van der Waals surface area contributed by atoms with Crippen molar-refractivity contribution in [2.45, 2.75) is 25.2 Å². The Balaban J connectivity index is 0.00000156. The van der Waals surface area contributed by atoms with Gasteiger partial charge < -0.3 is 11.3 Å². The summed E-state index contributed by atoms with van der Waals surface area (Å²) in [4.78, 5) is 5.74. The number of nitrogens with zero attached hydrogens (tertiary/aromatic N) is 1. The Morgan fingerprint density at radius 2 is 2.04 bits per heavy atom. The van der Waals surface area contributed by atoms with Crippen molar-refractivity contribution < 1.29 is 39.4 Å². The van der Waals surface area contributed by atoms with Gasteiger partial charge in [-0.25, -0.2) is 13.1 Å². The van der Waals surface area contributed by atoms with Gasteiger partial charge in [0.2, 0.25) is 10.0 Å². The van der Waals surface area contributed by atoms with Crippen LogP contribution in [0.15, 0.2) is 24.4 Å². The summed E-state index contributed by atoms with van der Waals surface area (Å²) in [6, 6.07) is 6.24. The van der Waals surface area contributed by atoms with E-state index in [4.69, 9.17) is 0 Å². The predicted molar refractivity (Wildman–Crippen MR) is 95.4 cm³/mol.